The lowest BCUT2D eigenvalue weighted by atomic mass is 10.2. The standard InChI is InChI=1S/C15H20N8/c1-12-15-17-6-14(9-22-11-16-10-19-22)23(15)4-3-21(12)8-13-5-18-20(2)7-13/h5-7,10-12H,3-4,8-9H2,1-2H3/t12-/m0/s1. The Balaban J connectivity index is 1.53. The Hall–Kier alpha value is -2.48. The molecule has 8 nitrogen and oxygen atoms in total. The van der Waals surface area contributed by atoms with Crippen LogP contribution in [0.25, 0.3) is 0 Å². The molecule has 0 aliphatic carbocycles. The van der Waals surface area contributed by atoms with Crippen LogP contribution in [-0.4, -0.2) is 45.5 Å². The number of aryl methyl sites for hydroxylation is 1. The minimum absolute atomic E-state index is 0.286. The van der Waals surface area contributed by atoms with E-state index in [2.05, 4.69) is 42.8 Å². The van der Waals surface area contributed by atoms with Crippen molar-refractivity contribution in [2.24, 2.45) is 7.05 Å². The summed E-state index contributed by atoms with van der Waals surface area (Å²) in [6, 6.07) is 0.286. The Bertz CT molecular complexity index is 784. The molecule has 0 bridgehead atoms. The summed E-state index contributed by atoms with van der Waals surface area (Å²) < 4.78 is 5.99. The van der Waals surface area contributed by atoms with Crippen molar-refractivity contribution in [1.29, 1.82) is 0 Å². The predicted molar refractivity (Wildman–Crippen MR) is 83.4 cm³/mol. The topological polar surface area (TPSA) is 69.6 Å². The van der Waals surface area contributed by atoms with E-state index in [9.17, 15) is 0 Å². The summed E-state index contributed by atoms with van der Waals surface area (Å²) in [6.07, 6.45) is 9.27. The highest BCUT2D eigenvalue weighted by Crippen LogP contribution is 2.26. The van der Waals surface area contributed by atoms with Gasteiger partial charge < -0.3 is 4.57 Å². The van der Waals surface area contributed by atoms with Crippen LogP contribution in [0.3, 0.4) is 0 Å². The number of rotatable bonds is 4. The Morgan fingerprint density at radius 2 is 2.09 bits per heavy atom. The second kappa shape index (κ2) is 5.62. The molecule has 0 fully saturated rings. The van der Waals surface area contributed by atoms with Crippen molar-refractivity contribution in [3.05, 3.63) is 48.3 Å². The molecule has 0 N–H and O–H groups in total. The minimum Gasteiger partial charge on any atom is -0.328 e. The van der Waals surface area contributed by atoms with Gasteiger partial charge in [-0.1, -0.05) is 0 Å². The molecule has 3 aromatic heterocycles. The van der Waals surface area contributed by atoms with Crippen molar-refractivity contribution in [3.8, 4) is 0 Å². The van der Waals surface area contributed by atoms with Gasteiger partial charge in [0.05, 0.1) is 30.7 Å². The molecule has 3 aromatic rings. The lowest BCUT2D eigenvalue weighted by Crippen LogP contribution is -2.37. The van der Waals surface area contributed by atoms with Crippen LogP contribution in [0.2, 0.25) is 0 Å². The maximum Gasteiger partial charge on any atom is 0.137 e. The van der Waals surface area contributed by atoms with Crippen molar-refractivity contribution < 1.29 is 0 Å². The van der Waals surface area contributed by atoms with Gasteiger partial charge in [0.2, 0.25) is 0 Å². The van der Waals surface area contributed by atoms with Crippen molar-refractivity contribution in [1.82, 2.24) is 39.0 Å². The van der Waals surface area contributed by atoms with E-state index >= 15 is 0 Å². The summed E-state index contributed by atoms with van der Waals surface area (Å²) in [7, 11) is 1.95. The van der Waals surface area contributed by atoms with E-state index in [1.54, 1.807) is 12.7 Å². The van der Waals surface area contributed by atoms with Gasteiger partial charge in [0.15, 0.2) is 0 Å². The Labute approximate surface area is 134 Å². The average molecular weight is 312 g/mol. The van der Waals surface area contributed by atoms with Crippen LogP contribution < -0.4 is 0 Å². The second-order valence-electron chi connectivity index (χ2n) is 6.02. The molecule has 4 heterocycles. The molecule has 120 valence electrons. The normalized spacial score (nSPS) is 18.3. The molecule has 1 atom stereocenters. The van der Waals surface area contributed by atoms with E-state index in [0.29, 0.717) is 6.54 Å². The van der Waals surface area contributed by atoms with Crippen LogP contribution in [0.1, 0.15) is 30.0 Å². The minimum atomic E-state index is 0.286. The zero-order valence-corrected chi connectivity index (χ0v) is 13.4. The van der Waals surface area contributed by atoms with Crippen LogP contribution in [0.5, 0.6) is 0 Å². The third-order valence-electron chi connectivity index (χ3n) is 4.44. The molecule has 0 saturated heterocycles. The smallest absolute Gasteiger partial charge is 0.137 e. The zero-order valence-electron chi connectivity index (χ0n) is 13.4. The quantitative estimate of drug-likeness (QED) is 0.714. The maximum atomic E-state index is 4.65. The summed E-state index contributed by atoms with van der Waals surface area (Å²) in [6.45, 7) is 5.78. The first-order chi connectivity index (χ1) is 11.2. The summed E-state index contributed by atoms with van der Waals surface area (Å²) in [5, 5.41) is 8.43. The highest BCUT2D eigenvalue weighted by molar-refractivity contribution is 5.13. The molecule has 1 aliphatic rings. The van der Waals surface area contributed by atoms with Crippen LogP contribution in [0.15, 0.2) is 31.2 Å². The van der Waals surface area contributed by atoms with Gasteiger partial charge in [-0.3, -0.25) is 9.58 Å². The Kier molecular flexibility index (Phi) is 3.45. The molecule has 23 heavy (non-hydrogen) atoms. The van der Waals surface area contributed by atoms with Gasteiger partial charge in [0.25, 0.3) is 0 Å². The van der Waals surface area contributed by atoms with Gasteiger partial charge >= 0.3 is 0 Å². The SMILES string of the molecule is C[C@H]1c2ncc(Cn3cncn3)n2CCN1Cc1cnn(C)c1. The van der Waals surface area contributed by atoms with E-state index in [0.717, 1.165) is 25.5 Å². The molecular formula is C15H20N8. The first-order valence-corrected chi connectivity index (χ1v) is 7.79. The lowest BCUT2D eigenvalue weighted by molar-refractivity contribution is 0.155. The Morgan fingerprint density at radius 1 is 1.17 bits per heavy atom. The molecule has 0 radical (unpaired) electrons. The molecule has 0 saturated carbocycles. The second-order valence-corrected chi connectivity index (χ2v) is 6.02. The fourth-order valence-electron chi connectivity index (χ4n) is 3.21. The van der Waals surface area contributed by atoms with E-state index in [-0.39, 0.29) is 6.04 Å². The number of nitrogens with zero attached hydrogens (tertiary/aromatic N) is 8. The van der Waals surface area contributed by atoms with E-state index < -0.39 is 0 Å². The van der Waals surface area contributed by atoms with Gasteiger partial charge in [0.1, 0.15) is 18.5 Å². The van der Waals surface area contributed by atoms with Crippen molar-refractivity contribution in [3.63, 3.8) is 0 Å². The van der Waals surface area contributed by atoms with Gasteiger partial charge in [-0.25, -0.2) is 14.6 Å². The molecule has 8 heteroatoms. The number of fused-ring (bicyclic) bond motifs is 1. The zero-order chi connectivity index (χ0) is 15.8. The van der Waals surface area contributed by atoms with Crippen molar-refractivity contribution in [2.75, 3.05) is 6.54 Å². The van der Waals surface area contributed by atoms with Gasteiger partial charge in [-0.2, -0.15) is 10.2 Å². The average Bonchev–Trinajstić information content (AvgIpc) is 3.25. The summed E-state index contributed by atoms with van der Waals surface area (Å²) in [4.78, 5) is 11.1. The highest BCUT2D eigenvalue weighted by Gasteiger charge is 2.27. The van der Waals surface area contributed by atoms with Gasteiger partial charge in [-0.05, 0) is 6.92 Å². The van der Waals surface area contributed by atoms with Gasteiger partial charge in [-0.15, -0.1) is 0 Å². The van der Waals surface area contributed by atoms with Crippen molar-refractivity contribution >= 4 is 0 Å². The van der Waals surface area contributed by atoms with Crippen LogP contribution in [0.4, 0.5) is 0 Å². The van der Waals surface area contributed by atoms with E-state index in [1.165, 1.54) is 11.3 Å². The fraction of sp³-hybridized carbons (Fsp3) is 0.467. The van der Waals surface area contributed by atoms with E-state index in [4.69, 9.17) is 0 Å². The summed E-state index contributed by atoms with van der Waals surface area (Å²) in [5.41, 5.74) is 2.42. The monoisotopic (exact) mass is 312 g/mol. The summed E-state index contributed by atoms with van der Waals surface area (Å²) in [5.74, 6) is 1.12. The molecular weight excluding hydrogens is 292 g/mol. The fourth-order valence-corrected chi connectivity index (χ4v) is 3.21. The maximum absolute atomic E-state index is 4.65. The van der Waals surface area contributed by atoms with E-state index in [1.807, 2.05) is 28.8 Å². The largest absolute Gasteiger partial charge is 0.328 e. The van der Waals surface area contributed by atoms with Crippen LogP contribution >= 0.6 is 0 Å². The van der Waals surface area contributed by atoms with Crippen LogP contribution in [0, 0.1) is 0 Å². The number of aromatic nitrogens is 7. The first-order valence-electron chi connectivity index (χ1n) is 7.79. The molecule has 0 amide bonds. The third kappa shape index (κ3) is 2.65. The number of hydrogen-bond donors (Lipinski definition) is 0. The molecule has 1 aliphatic heterocycles. The third-order valence-corrected chi connectivity index (χ3v) is 4.44. The highest BCUT2D eigenvalue weighted by atomic mass is 15.3. The van der Waals surface area contributed by atoms with Gasteiger partial charge in [0, 0.05) is 38.4 Å². The molecule has 0 spiro atoms. The van der Waals surface area contributed by atoms with Crippen molar-refractivity contribution in [2.45, 2.75) is 32.6 Å². The summed E-state index contributed by atoms with van der Waals surface area (Å²) >= 11 is 0. The molecule has 4 rings (SSSR count). The Morgan fingerprint density at radius 3 is 2.83 bits per heavy atom. The lowest BCUT2D eigenvalue weighted by Gasteiger charge is -2.34. The molecule has 0 unspecified atom stereocenters. The number of hydrogen-bond acceptors (Lipinski definition) is 5. The first kappa shape index (κ1) is 14.1. The van der Waals surface area contributed by atoms with Crippen LogP contribution in [-0.2, 0) is 26.7 Å². The predicted octanol–water partition coefficient (Wildman–Crippen LogP) is 0.833. The molecule has 0 aromatic carbocycles. The number of imidazole rings is 1.